The van der Waals surface area contributed by atoms with Crippen molar-refractivity contribution in [3.63, 3.8) is 0 Å². The van der Waals surface area contributed by atoms with Gasteiger partial charge >= 0.3 is 0 Å². The largest absolute Gasteiger partial charge is 0.399 e. The highest BCUT2D eigenvalue weighted by Crippen LogP contribution is 2.14. The van der Waals surface area contributed by atoms with Gasteiger partial charge in [-0.05, 0) is 42.2 Å². The highest BCUT2D eigenvalue weighted by Gasteiger charge is 2.05. The van der Waals surface area contributed by atoms with Gasteiger partial charge in [-0.1, -0.05) is 18.2 Å². The molecule has 0 spiro atoms. The van der Waals surface area contributed by atoms with Gasteiger partial charge in [0.05, 0.1) is 0 Å². The number of rotatable bonds is 4. The Kier molecular flexibility index (Phi) is 4.47. The molecule has 0 aromatic heterocycles. The van der Waals surface area contributed by atoms with Crippen molar-refractivity contribution in [1.82, 2.24) is 5.32 Å². The molecule has 1 amide bonds. The maximum atomic E-state index is 11.9. The van der Waals surface area contributed by atoms with Crippen molar-refractivity contribution in [3.05, 3.63) is 59.7 Å². The second-order valence-corrected chi connectivity index (χ2v) is 5.04. The topological polar surface area (TPSA) is 55.1 Å². The molecule has 98 valence electrons. The Morgan fingerprint density at radius 1 is 1.21 bits per heavy atom. The molecule has 4 heteroatoms. The second kappa shape index (κ2) is 6.29. The number of benzene rings is 2. The first-order chi connectivity index (χ1) is 9.19. The predicted octanol–water partition coefficient (Wildman–Crippen LogP) is 2.92. The lowest BCUT2D eigenvalue weighted by Gasteiger charge is -2.06. The molecular formula is C15H16N2OS. The first-order valence-electron chi connectivity index (χ1n) is 5.96. The molecular weight excluding hydrogens is 256 g/mol. The van der Waals surface area contributed by atoms with Gasteiger partial charge in [-0.3, -0.25) is 4.79 Å². The average Bonchev–Trinajstić information content (AvgIpc) is 2.45. The summed E-state index contributed by atoms with van der Waals surface area (Å²) in [6.45, 7) is 0.516. The molecule has 0 saturated heterocycles. The fourth-order valence-electron chi connectivity index (χ4n) is 1.71. The minimum absolute atomic E-state index is 0.110. The summed E-state index contributed by atoms with van der Waals surface area (Å²) in [4.78, 5) is 13.1. The SMILES string of the molecule is CSc1ccc(CNC(=O)c2cccc(N)c2)cc1. The predicted molar refractivity (Wildman–Crippen MR) is 80.2 cm³/mol. The van der Waals surface area contributed by atoms with Crippen molar-refractivity contribution in [2.45, 2.75) is 11.4 Å². The molecule has 0 aliphatic rings. The molecule has 0 heterocycles. The number of carbonyl (C=O) groups is 1. The van der Waals surface area contributed by atoms with Crippen molar-refractivity contribution >= 4 is 23.4 Å². The zero-order valence-electron chi connectivity index (χ0n) is 10.7. The molecule has 0 atom stereocenters. The van der Waals surface area contributed by atoms with Crippen LogP contribution >= 0.6 is 11.8 Å². The molecule has 2 rings (SSSR count). The smallest absolute Gasteiger partial charge is 0.251 e. The summed E-state index contributed by atoms with van der Waals surface area (Å²) in [5, 5.41) is 2.88. The number of nitrogens with one attached hydrogen (secondary N) is 1. The van der Waals surface area contributed by atoms with Gasteiger partial charge < -0.3 is 11.1 Å². The number of thioether (sulfide) groups is 1. The van der Waals surface area contributed by atoms with Crippen LogP contribution in [0.3, 0.4) is 0 Å². The second-order valence-electron chi connectivity index (χ2n) is 4.16. The van der Waals surface area contributed by atoms with Gasteiger partial charge in [0.25, 0.3) is 5.91 Å². The molecule has 3 nitrogen and oxygen atoms in total. The molecule has 3 N–H and O–H groups in total. The normalized spacial score (nSPS) is 10.2. The summed E-state index contributed by atoms with van der Waals surface area (Å²) in [5.74, 6) is -0.110. The van der Waals surface area contributed by atoms with Crippen LogP contribution in [-0.2, 0) is 6.54 Å². The van der Waals surface area contributed by atoms with Gasteiger partial charge in [0.15, 0.2) is 0 Å². The highest BCUT2D eigenvalue weighted by atomic mass is 32.2. The quantitative estimate of drug-likeness (QED) is 0.664. The van der Waals surface area contributed by atoms with E-state index in [1.165, 1.54) is 4.90 Å². The Bertz CT molecular complexity index is 567. The van der Waals surface area contributed by atoms with Gasteiger partial charge in [0.1, 0.15) is 0 Å². The number of amides is 1. The standard InChI is InChI=1S/C15H16N2OS/c1-19-14-7-5-11(6-8-14)10-17-15(18)12-3-2-4-13(16)9-12/h2-9H,10,16H2,1H3,(H,17,18). The number of nitrogens with two attached hydrogens (primary N) is 1. The van der Waals surface area contributed by atoms with Crippen LogP contribution in [0.1, 0.15) is 15.9 Å². The minimum Gasteiger partial charge on any atom is -0.399 e. The summed E-state index contributed by atoms with van der Waals surface area (Å²) in [5.41, 5.74) is 7.91. The van der Waals surface area contributed by atoms with Gasteiger partial charge in [-0.25, -0.2) is 0 Å². The summed E-state index contributed by atoms with van der Waals surface area (Å²) in [6, 6.07) is 15.1. The third-order valence-corrected chi connectivity index (χ3v) is 3.50. The lowest BCUT2D eigenvalue weighted by molar-refractivity contribution is 0.0951. The summed E-state index contributed by atoms with van der Waals surface area (Å²) in [7, 11) is 0. The third-order valence-electron chi connectivity index (χ3n) is 2.76. The highest BCUT2D eigenvalue weighted by molar-refractivity contribution is 7.98. The van der Waals surface area contributed by atoms with E-state index in [9.17, 15) is 4.79 Å². The van der Waals surface area contributed by atoms with Crippen molar-refractivity contribution in [2.75, 3.05) is 12.0 Å². The molecule has 0 aliphatic heterocycles. The van der Waals surface area contributed by atoms with Crippen LogP contribution in [-0.4, -0.2) is 12.2 Å². The van der Waals surface area contributed by atoms with Crippen LogP contribution in [0.15, 0.2) is 53.4 Å². The van der Waals surface area contributed by atoms with E-state index in [1.807, 2.05) is 30.5 Å². The van der Waals surface area contributed by atoms with E-state index in [4.69, 9.17) is 5.73 Å². The van der Waals surface area contributed by atoms with Gasteiger partial charge in [-0.2, -0.15) is 0 Å². The summed E-state index contributed by atoms with van der Waals surface area (Å²) >= 11 is 1.70. The fraction of sp³-hybridized carbons (Fsp3) is 0.133. The number of nitrogen functional groups attached to an aromatic ring is 1. The van der Waals surface area contributed by atoms with E-state index < -0.39 is 0 Å². The van der Waals surface area contributed by atoms with E-state index >= 15 is 0 Å². The zero-order chi connectivity index (χ0) is 13.7. The van der Waals surface area contributed by atoms with Gasteiger partial charge in [0, 0.05) is 22.7 Å². The average molecular weight is 272 g/mol. The fourth-order valence-corrected chi connectivity index (χ4v) is 2.12. The van der Waals surface area contributed by atoms with Crippen molar-refractivity contribution in [1.29, 1.82) is 0 Å². The van der Waals surface area contributed by atoms with E-state index in [0.29, 0.717) is 17.8 Å². The molecule has 0 radical (unpaired) electrons. The molecule has 2 aromatic carbocycles. The van der Waals surface area contributed by atoms with Crippen LogP contribution in [0, 0.1) is 0 Å². The van der Waals surface area contributed by atoms with Crippen LogP contribution in [0.4, 0.5) is 5.69 Å². The Hall–Kier alpha value is -1.94. The first-order valence-corrected chi connectivity index (χ1v) is 7.18. The summed E-state index contributed by atoms with van der Waals surface area (Å²) in [6.07, 6.45) is 2.04. The maximum Gasteiger partial charge on any atom is 0.251 e. The van der Waals surface area contributed by atoms with Crippen LogP contribution < -0.4 is 11.1 Å². The van der Waals surface area contributed by atoms with E-state index in [1.54, 1.807) is 36.0 Å². The van der Waals surface area contributed by atoms with Crippen LogP contribution in [0.25, 0.3) is 0 Å². The Labute approximate surface area is 117 Å². The molecule has 0 saturated carbocycles. The van der Waals surface area contributed by atoms with Crippen LogP contribution in [0.5, 0.6) is 0 Å². The maximum absolute atomic E-state index is 11.9. The Morgan fingerprint density at radius 3 is 2.58 bits per heavy atom. The Balaban J connectivity index is 1.96. The molecule has 0 fully saturated rings. The third kappa shape index (κ3) is 3.76. The minimum atomic E-state index is -0.110. The molecule has 0 unspecified atom stereocenters. The lowest BCUT2D eigenvalue weighted by Crippen LogP contribution is -2.22. The molecule has 0 bridgehead atoms. The van der Waals surface area contributed by atoms with Crippen molar-refractivity contribution < 1.29 is 4.79 Å². The zero-order valence-corrected chi connectivity index (χ0v) is 11.5. The van der Waals surface area contributed by atoms with Gasteiger partial charge in [0.2, 0.25) is 0 Å². The summed E-state index contributed by atoms with van der Waals surface area (Å²) < 4.78 is 0. The first kappa shape index (κ1) is 13.5. The number of anilines is 1. The lowest BCUT2D eigenvalue weighted by atomic mass is 10.2. The van der Waals surface area contributed by atoms with Crippen LogP contribution in [0.2, 0.25) is 0 Å². The van der Waals surface area contributed by atoms with Crippen molar-refractivity contribution in [3.8, 4) is 0 Å². The Morgan fingerprint density at radius 2 is 1.95 bits per heavy atom. The molecule has 2 aromatic rings. The molecule has 0 aliphatic carbocycles. The number of hydrogen-bond acceptors (Lipinski definition) is 3. The monoisotopic (exact) mass is 272 g/mol. The van der Waals surface area contributed by atoms with E-state index in [-0.39, 0.29) is 5.91 Å². The number of carbonyl (C=O) groups excluding carboxylic acids is 1. The molecule has 19 heavy (non-hydrogen) atoms. The van der Waals surface area contributed by atoms with E-state index in [2.05, 4.69) is 5.32 Å². The van der Waals surface area contributed by atoms with Gasteiger partial charge in [-0.15, -0.1) is 11.8 Å². The van der Waals surface area contributed by atoms with Crippen molar-refractivity contribution in [2.24, 2.45) is 0 Å². The number of hydrogen-bond donors (Lipinski definition) is 2. The van der Waals surface area contributed by atoms with E-state index in [0.717, 1.165) is 5.56 Å².